The van der Waals surface area contributed by atoms with E-state index in [4.69, 9.17) is 14.2 Å². The molecule has 0 aromatic heterocycles. The second-order valence-corrected chi connectivity index (χ2v) is 6.33. The van der Waals surface area contributed by atoms with E-state index >= 15 is 0 Å². The van der Waals surface area contributed by atoms with Crippen molar-refractivity contribution >= 4 is 11.9 Å². The molecule has 0 unspecified atom stereocenters. The molecule has 2 aromatic carbocycles. The molecule has 2 rings (SSSR count). The van der Waals surface area contributed by atoms with Crippen molar-refractivity contribution in [2.75, 3.05) is 34.4 Å². The number of methoxy groups -OCH3 is 3. The number of rotatable bonds is 10. The summed E-state index contributed by atoms with van der Waals surface area (Å²) < 4.78 is 15.0. The Bertz CT molecular complexity index is 756. The van der Waals surface area contributed by atoms with Gasteiger partial charge in [0.1, 0.15) is 11.5 Å². The lowest BCUT2D eigenvalue weighted by molar-refractivity contribution is -0.141. The minimum Gasteiger partial charge on any atom is -0.497 e. The van der Waals surface area contributed by atoms with Crippen molar-refractivity contribution < 1.29 is 23.8 Å². The predicted molar refractivity (Wildman–Crippen MR) is 107 cm³/mol. The van der Waals surface area contributed by atoms with E-state index in [0.29, 0.717) is 19.5 Å². The number of nitrogens with zero attached hydrogens (tertiary/aromatic N) is 1. The predicted octanol–water partition coefficient (Wildman–Crippen LogP) is 2.88. The normalized spacial score (nSPS) is 10.2. The van der Waals surface area contributed by atoms with Crippen molar-refractivity contribution in [2.24, 2.45) is 0 Å². The first-order valence-electron chi connectivity index (χ1n) is 9.16. The van der Waals surface area contributed by atoms with Crippen LogP contribution in [0.1, 0.15) is 17.5 Å². The van der Waals surface area contributed by atoms with Crippen LogP contribution in [0, 0.1) is 0 Å². The summed E-state index contributed by atoms with van der Waals surface area (Å²) >= 11 is 0. The number of carbonyl (C=O) groups is 2. The van der Waals surface area contributed by atoms with E-state index in [1.54, 1.807) is 19.1 Å². The number of amides is 1. The van der Waals surface area contributed by atoms with Crippen molar-refractivity contribution in [3.8, 4) is 11.5 Å². The molecule has 28 heavy (non-hydrogen) atoms. The molecular formula is C22H27NO5. The van der Waals surface area contributed by atoms with Crippen LogP contribution in [-0.4, -0.2) is 51.2 Å². The van der Waals surface area contributed by atoms with Gasteiger partial charge in [0.25, 0.3) is 0 Å². The van der Waals surface area contributed by atoms with Crippen LogP contribution in [-0.2, 0) is 27.2 Å². The monoisotopic (exact) mass is 385 g/mol. The van der Waals surface area contributed by atoms with E-state index < -0.39 is 0 Å². The van der Waals surface area contributed by atoms with E-state index in [2.05, 4.69) is 0 Å². The number of esters is 1. The van der Waals surface area contributed by atoms with Gasteiger partial charge in [-0.2, -0.15) is 0 Å². The number of carbonyl (C=O) groups excluding carboxylic acids is 2. The van der Waals surface area contributed by atoms with Crippen LogP contribution >= 0.6 is 0 Å². The quantitative estimate of drug-likeness (QED) is 0.589. The molecule has 0 heterocycles. The summed E-state index contributed by atoms with van der Waals surface area (Å²) in [7, 11) is 4.58. The SMILES string of the molecule is COC(=O)CCN(CCc1ccc(OC)cc1)C(=O)Cc1ccc(OC)cc1. The first-order chi connectivity index (χ1) is 13.5. The van der Waals surface area contributed by atoms with E-state index in [0.717, 1.165) is 22.6 Å². The molecule has 2 aromatic rings. The Morgan fingerprint density at radius 3 is 1.82 bits per heavy atom. The molecule has 0 radical (unpaired) electrons. The van der Waals surface area contributed by atoms with Gasteiger partial charge in [0.2, 0.25) is 5.91 Å². The number of hydrogen-bond donors (Lipinski definition) is 0. The zero-order valence-corrected chi connectivity index (χ0v) is 16.6. The molecule has 0 N–H and O–H groups in total. The van der Waals surface area contributed by atoms with Crippen LogP contribution < -0.4 is 9.47 Å². The highest BCUT2D eigenvalue weighted by Gasteiger charge is 2.16. The molecule has 0 atom stereocenters. The molecule has 6 nitrogen and oxygen atoms in total. The van der Waals surface area contributed by atoms with Crippen LogP contribution in [0.3, 0.4) is 0 Å². The third-order valence-electron chi connectivity index (χ3n) is 4.51. The fourth-order valence-corrected chi connectivity index (χ4v) is 2.78. The molecule has 0 aliphatic rings. The van der Waals surface area contributed by atoms with Gasteiger partial charge < -0.3 is 19.1 Å². The van der Waals surface area contributed by atoms with Gasteiger partial charge in [0.15, 0.2) is 0 Å². The van der Waals surface area contributed by atoms with E-state index in [1.165, 1.54) is 7.11 Å². The smallest absolute Gasteiger partial charge is 0.307 e. The number of benzene rings is 2. The second kappa shape index (κ2) is 11.0. The van der Waals surface area contributed by atoms with Gasteiger partial charge in [-0.05, 0) is 41.8 Å². The molecule has 0 saturated heterocycles. The summed E-state index contributed by atoms with van der Waals surface area (Å²) in [6.07, 6.45) is 1.14. The molecule has 0 spiro atoms. The first kappa shape index (κ1) is 21.3. The largest absolute Gasteiger partial charge is 0.497 e. The standard InChI is InChI=1S/C22H27NO5/c1-26-19-8-4-17(5-9-19)12-14-23(15-13-22(25)28-3)21(24)16-18-6-10-20(27-2)11-7-18/h4-11H,12-16H2,1-3H3. The third kappa shape index (κ3) is 6.61. The van der Waals surface area contributed by atoms with E-state index in [1.807, 2.05) is 48.5 Å². The molecule has 0 aliphatic carbocycles. The number of ether oxygens (including phenoxy) is 3. The van der Waals surface area contributed by atoms with Gasteiger partial charge in [-0.1, -0.05) is 24.3 Å². The average molecular weight is 385 g/mol. The fraction of sp³-hybridized carbons (Fsp3) is 0.364. The lowest BCUT2D eigenvalue weighted by atomic mass is 10.1. The minimum atomic E-state index is -0.327. The Labute approximate surface area is 166 Å². The van der Waals surface area contributed by atoms with E-state index in [9.17, 15) is 9.59 Å². The topological polar surface area (TPSA) is 65.1 Å². The maximum absolute atomic E-state index is 12.8. The molecule has 0 aliphatic heterocycles. The zero-order valence-electron chi connectivity index (χ0n) is 16.6. The van der Waals surface area contributed by atoms with Gasteiger partial charge >= 0.3 is 5.97 Å². The molecule has 150 valence electrons. The van der Waals surface area contributed by atoms with Gasteiger partial charge in [-0.3, -0.25) is 9.59 Å². The van der Waals surface area contributed by atoms with Gasteiger partial charge in [0, 0.05) is 13.1 Å². The van der Waals surface area contributed by atoms with Crippen molar-refractivity contribution in [1.82, 2.24) is 4.90 Å². The minimum absolute atomic E-state index is 0.0254. The highest BCUT2D eigenvalue weighted by Crippen LogP contribution is 2.14. The van der Waals surface area contributed by atoms with Crippen LogP contribution in [0.4, 0.5) is 0 Å². The Hall–Kier alpha value is -3.02. The molecule has 6 heteroatoms. The summed E-state index contributed by atoms with van der Waals surface area (Å²) in [5, 5.41) is 0. The summed E-state index contributed by atoms with van der Waals surface area (Å²) in [6, 6.07) is 15.2. The van der Waals surface area contributed by atoms with Crippen LogP contribution in [0.2, 0.25) is 0 Å². The van der Waals surface area contributed by atoms with Crippen molar-refractivity contribution in [2.45, 2.75) is 19.3 Å². The fourth-order valence-electron chi connectivity index (χ4n) is 2.78. The highest BCUT2D eigenvalue weighted by molar-refractivity contribution is 5.79. The third-order valence-corrected chi connectivity index (χ3v) is 4.51. The number of hydrogen-bond acceptors (Lipinski definition) is 5. The summed E-state index contributed by atoms with van der Waals surface area (Å²) in [5.74, 6) is 1.19. The highest BCUT2D eigenvalue weighted by atomic mass is 16.5. The Morgan fingerprint density at radius 2 is 1.32 bits per heavy atom. The Balaban J connectivity index is 2.01. The molecule has 1 amide bonds. The molecule has 0 saturated carbocycles. The Kier molecular flexibility index (Phi) is 8.34. The van der Waals surface area contributed by atoms with Crippen LogP contribution in [0.15, 0.2) is 48.5 Å². The lowest BCUT2D eigenvalue weighted by Gasteiger charge is -2.22. The zero-order chi connectivity index (χ0) is 20.4. The summed E-state index contributed by atoms with van der Waals surface area (Å²) in [6.45, 7) is 0.857. The average Bonchev–Trinajstić information content (AvgIpc) is 2.74. The van der Waals surface area contributed by atoms with Crippen LogP contribution in [0.5, 0.6) is 11.5 Å². The summed E-state index contributed by atoms with van der Waals surface area (Å²) in [4.78, 5) is 26.1. The Morgan fingerprint density at radius 1 is 0.786 bits per heavy atom. The lowest BCUT2D eigenvalue weighted by Crippen LogP contribution is -2.36. The summed E-state index contributed by atoms with van der Waals surface area (Å²) in [5.41, 5.74) is 2.00. The van der Waals surface area contributed by atoms with Gasteiger partial charge in [-0.15, -0.1) is 0 Å². The van der Waals surface area contributed by atoms with Crippen molar-refractivity contribution in [1.29, 1.82) is 0 Å². The molecule has 0 bridgehead atoms. The van der Waals surface area contributed by atoms with Gasteiger partial charge in [0.05, 0.1) is 34.2 Å². The molecule has 0 fully saturated rings. The second-order valence-electron chi connectivity index (χ2n) is 6.33. The van der Waals surface area contributed by atoms with Crippen molar-refractivity contribution in [3.05, 3.63) is 59.7 Å². The molecular weight excluding hydrogens is 358 g/mol. The maximum atomic E-state index is 12.8. The first-order valence-corrected chi connectivity index (χ1v) is 9.16. The maximum Gasteiger partial charge on any atom is 0.307 e. The van der Waals surface area contributed by atoms with E-state index in [-0.39, 0.29) is 24.7 Å². The van der Waals surface area contributed by atoms with Crippen molar-refractivity contribution in [3.63, 3.8) is 0 Å². The van der Waals surface area contributed by atoms with Crippen LogP contribution in [0.25, 0.3) is 0 Å². The van der Waals surface area contributed by atoms with Gasteiger partial charge in [-0.25, -0.2) is 0 Å².